The van der Waals surface area contributed by atoms with Crippen LogP contribution in [-0.4, -0.2) is 194 Å². The Morgan fingerprint density at radius 3 is 2.23 bits per heavy atom. The van der Waals surface area contributed by atoms with E-state index in [-0.39, 0.29) is 31.3 Å². The first-order valence-corrected chi connectivity index (χ1v) is 27.4. The highest BCUT2D eigenvalue weighted by Gasteiger charge is 2.55. The minimum atomic E-state index is -1.83. The van der Waals surface area contributed by atoms with E-state index in [0.29, 0.717) is 36.9 Å². The molecule has 4 heterocycles. The van der Waals surface area contributed by atoms with E-state index in [1.54, 1.807) is 66.6 Å². The van der Waals surface area contributed by atoms with E-state index in [1.165, 1.54) is 18.7 Å². The fourth-order valence-electron chi connectivity index (χ4n) is 12.1. The van der Waals surface area contributed by atoms with Crippen LogP contribution in [0.25, 0.3) is 0 Å². The lowest BCUT2D eigenvalue weighted by molar-refractivity contribution is -0.302. The van der Waals surface area contributed by atoms with E-state index >= 15 is 0 Å². The van der Waals surface area contributed by atoms with Gasteiger partial charge < -0.3 is 63.8 Å². The van der Waals surface area contributed by atoms with Crippen LogP contribution < -0.4 is 0 Å². The van der Waals surface area contributed by atoms with Crippen LogP contribution in [0.5, 0.6) is 0 Å². The number of alkyl halides is 1. The van der Waals surface area contributed by atoms with E-state index in [0.717, 1.165) is 10.5 Å². The predicted molar refractivity (Wildman–Crippen MR) is 278 cm³/mol. The number of ether oxygens (including phenoxy) is 6. The van der Waals surface area contributed by atoms with Gasteiger partial charge in [-0.1, -0.05) is 58.9 Å². The minimum absolute atomic E-state index is 0.177. The SMILES string of the molecule is CC[C@H]1OC(=O)[C@H](C)[C@@H](C2C[C@@](C)(OC)[C@@H](O)[C@H](C)O2)[C@H](C)[C@@H](O[C@@H]2O[C@H](C)C[C@H](N(C)CCc3cn([C@H](CF)[C@H](OC)c4ccc(SC(C)C)cc4)nn3)[C@H]2O)[C@](C)(O)C[C@@H](C)CN(C)[C@H](C)[C@@H](O)[C@]1(C)O. The number of thioether (sulfide) groups is 1. The van der Waals surface area contributed by atoms with Crippen LogP contribution in [0.1, 0.15) is 132 Å². The Labute approximate surface area is 439 Å². The lowest BCUT2D eigenvalue weighted by Crippen LogP contribution is -2.62. The molecule has 3 fully saturated rings. The van der Waals surface area contributed by atoms with Crippen LogP contribution in [0, 0.1) is 23.7 Å². The number of aromatic nitrogens is 3. The first kappa shape index (κ1) is 61.5. The molecule has 17 nitrogen and oxygen atoms in total. The molecule has 3 aliphatic heterocycles. The third-order valence-electron chi connectivity index (χ3n) is 16.4. The highest BCUT2D eigenvalue weighted by atomic mass is 32.2. The zero-order chi connectivity index (χ0) is 54.5. The zero-order valence-corrected chi connectivity index (χ0v) is 47.4. The number of rotatable bonds is 16. The van der Waals surface area contributed by atoms with Gasteiger partial charge in [0.05, 0.1) is 47.2 Å². The maximum Gasteiger partial charge on any atom is 0.309 e. The summed E-state index contributed by atoms with van der Waals surface area (Å²) in [5.41, 5.74) is -3.04. The predicted octanol–water partition coefficient (Wildman–Crippen LogP) is 5.78. The lowest BCUT2D eigenvalue weighted by atomic mass is 9.68. The van der Waals surface area contributed by atoms with Gasteiger partial charge in [0.25, 0.3) is 0 Å². The molecule has 0 bridgehead atoms. The van der Waals surface area contributed by atoms with Crippen LogP contribution in [-0.2, 0) is 39.6 Å². The van der Waals surface area contributed by atoms with Gasteiger partial charge >= 0.3 is 5.97 Å². The highest BCUT2D eigenvalue weighted by molar-refractivity contribution is 7.99. The summed E-state index contributed by atoms with van der Waals surface area (Å²) >= 11 is 1.75. The molecule has 1 aromatic carbocycles. The van der Waals surface area contributed by atoms with Crippen molar-refractivity contribution in [3.63, 3.8) is 0 Å². The third-order valence-corrected chi connectivity index (χ3v) is 17.4. The molecular formula is C54H92FN5O12S. The summed E-state index contributed by atoms with van der Waals surface area (Å²) in [5.74, 6) is -3.23. The van der Waals surface area contributed by atoms with Crippen molar-refractivity contribution in [2.45, 2.75) is 221 Å². The number of hydrogen-bond acceptors (Lipinski definition) is 17. The maximum atomic E-state index is 14.8. The summed E-state index contributed by atoms with van der Waals surface area (Å²) < 4.78 is 54.4. The molecule has 5 N–H and O–H groups in total. The number of cyclic esters (lactones) is 1. The average Bonchev–Trinajstić information content (AvgIpc) is 3.80. The molecule has 0 saturated carbocycles. The average molecular weight is 1050 g/mol. The fourth-order valence-corrected chi connectivity index (χ4v) is 12.9. The van der Waals surface area contributed by atoms with Crippen molar-refractivity contribution in [3.8, 4) is 0 Å². The van der Waals surface area contributed by atoms with Crippen molar-refractivity contribution >= 4 is 17.7 Å². The Bertz CT molecular complexity index is 2020. The van der Waals surface area contributed by atoms with Gasteiger partial charge in [-0.05, 0) is 104 Å². The first-order valence-electron chi connectivity index (χ1n) is 26.5. The summed E-state index contributed by atoms with van der Waals surface area (Å²) in [4.78, 5) is 19.7. The van der Waals surface area contributed by atoms with Crippen molar-refractivity contribution in [1.82, 2.24) is 24.8 Å². The summed E-state index contributed by atoms with van der Waals surface area (Å²) in [6, 6.07) is 6.18. The quantitative estimate of drug-likeness (QED) is 0.0997. The molecule has 0 spiro atoms. The van der Waals surface area contributed by atoms with Crippen molar-refractivity contribution in [3.05, 3.63) is 41.7 Å². The minimum Gasteiger partial charge on any atom is -0.459 e. The molecular weight excluding hydrogens is 962 g/mol. The Kier molecular flexibility index (Phi) is 21.8. The molecule has 1 aromatic heterocycles. The van der Waals surface area contributed by atoms with E-state index in [1.807, 2.05) is 68.9 Å². The molecule has 5 rings (SSSR count). The number of likely N-dealkylation sites (N-methyl/N-ethyl adjacent to an activating group) is 2. The standard InChI is InChI=1S/C54H92FN5O12S/c1-17-43-54(12,66)47(62)35(8)59(14)28-31(4)25-52(10,65)49(33(6)44(34(7)50(64)71-43)42-26-53(11,68-16)48(63)36(9)70-42)72-51-45(61)40(24-32(5)69-51)58(13)23-22-38-29-60(57-56-38)41(27-55)46(67-15)37-18-20-39(21-19-37)73-30(2)3/h18-21,29-36,40-49,51,61-63,65-66H,17,22-28H2,1-16H3/t31-,32-,33+,34-,35-,36+,40+,41-,42?,43-,44+,45-,46-,47-,48+,49-,51+,52-,53-,54-/m1/s1. The topological polar surface area (TPSA) is 211 Å². The van der Waals surface area contributed by atoms with Crippen LogP contribution in [0.2, 0.25) is 0 Å². The van der Waals surface area contributed by atoms with Crippen molar-refractivity contribution in [2.75, 3.05) is 48.1 Å². The van der Waals surface area contributed by atoms with Gasteiger partial charge in [-0.15, -0.1) is 16.9 Å². The van der Waals surface area contributed by atoms with Crippen molar-refractivity contribution < 1.29 is 63.1 Å². The number of aliphatic hydroxyl groups is 5. The van der Waals surface area contributed by atoms with E-state index in [9.17, 15) is 34.7 Å². The molecule has 0 radical (unpaired) electrons. The van der Waals surface area contributed by atoms with Crippen LogP contribution in [0.15, 0.2) is 35.4 Å². The monoisotopic (exact) mass is 1050 g/mol. The van der Waals surface area contributed by atoms with Gasteiger partial charge in [-0.25, -0.2) is 9.07 Å². The van der Waals surface area contributed by atoms with Crippen molar-refractivity contribution in [1.29, 1.82) is 0 Å². The maximum absolute atomic E-state index is 14.8. The van der Waals surface area contributed by atoms with Crippen LogP contribution in [0.3, 0.4) is 0 Å². The Balaban J connectivity index is 1.45. The Morgan fingerprint density at radius 2 is 1.64 bits per heavy atom. The van der Waals surface area contributed by atoms with E-state index < -0.39 is 120 Å². The second kappa shape index (κ2) is 25.9. The molecule has 3 saturated heterocycles. The zero-order valence-electron chi connectivity index (χ0n) is 46.6. The molecule has 20 atom stereocenters. The van der Waals surface area contributed by atoms with Gasteiger partial charge in [-0.3, -0.25) is 4.79 Å². The van der Waals surface area contributed by atoms with Crippen LogP contribution in [0.4, 0.5) is 4.39 Å². The summed E-state index contributed by atoms with van der Waals surface area (Å²) in [6.45, 7) is 22.3. The van der Waals surface area contributed by atoms with Gasteiger partial charge in [0.15, 0.2) is 6.29 Å². The molecule has 0 amide bonds. The Hall–Kier alpha value is -2.37. The second-order valence-electron chi connectivity index (χ2n) is 22.8. The second-order valence-corrected chi connectivity index (χ2v) is 24.5. The molecule has 0 aliphatic carbocycles. The summed E-state index contributed by atoms with van der Waals surface area (Å²) in [7, 11) is 6.84. The number of aliphatic hydroxyl groups excluding tert-OH is 3. The van der Waals surface area contributed by atoms with Gasteiger partial charge in [0, 0.05) is 74.5 Å². The largest absolute Gasteiger partial charge is 0.459 e. The van der Waals surface area contributed by atoms with Crippen molar-refractivity contribution in [2.24, 2.45) is 23.7 Å². The number of methoxy groups -OCH3 is 2. The summed E-state index contributed by atoms with van der Waals surface area (Å²) in [5, 5.41) is 69.4. The van der Waals surface area contributed by atoms with E-state index in [2.05, 4.69) is 24.2 Å². The van der Waals surface area contributed by atoms with Gasteiger partial charge in [0.2, 0.25) is 0 Å². The number of benzene rings is 1. The first-order chi connectivity index (χ1) is 34.1. The summed E-state index contributed by atoms with van der Waals surface area (Å²) in [6.07, 6.45) is -6.07. The Morgan fingerprint density at radius 1 is 0.986 bits per heavy atom. The number of halogens is 1. The molecule has 3 aliphatic rings. The smallest absolute Gasteiger partial charge is 0.309 e. The molecule has 19 heteroatoms. The molecule has 1 unspecified atom stereocenters. The molecule has 2 aromatic rings. The van der Waals surface area contributed by atoms with Gasteiger partial charge in [-0.2, -0.15) is 0 Å². The van der Waals surface area contributed by atoms with E-state index in [4.69, 9.17) is 28.4 Å². The number of esters is 1. The number of carbonyl (C=O) groups excluding carboxylic acids is 1. The van der Waals surface area contributed by atoms with Gasteiger partial charge in [0.1, 0.15) is 48.8 Å². The number of hydrogen-bond donors (Lipinski definition) is 5. The number of carbonyl (C=O) groups is 1. The molecule has 418 valence electrons. The fraction of sp³-hybridized carbons (Fsp3) is 0.833. The highest BCUT2D eigenvalue weighted by Crippen LogP contribution is 2.45. The normalized spacial score (nSPS) is 39.7. The van der Waals surface area contributed by atoms with Crippen LogP contribution >= 0.6 is 11.8 Å². The molecule has 73 heavy (non-hydrogen) atoms. The lowest BCUT2D eigenvalue weighted by Gasteiger charge is -2.51. The number of nitrogens with zero attached hydrogens (tertiary/aromatic N) is 5. The third kappa shape index (κ3) is 14.4.